The van der Waals surface area contributed by atoms with Gasteiger partial charge in [-0.25, -0.2) is 0 Å². The van der Waals surface area contributed by atoms with Crippen LogP contribution in [0.1, 0.15) is 35.4 Å². The number of benzene rings is 2. The van der Waals surface area contributed by atoms with E-state index in [1.807, 2.05) is 18.2 Å². The predicted molar refractivity (Wildman–Crippen MR) is 134 cm³/mol. The van der Waals surface area contributed by atoms with Gasteiger partial charge in [-0.15, -0.1) is 0 Å². The summed E-state index contributed by atoms with van der Waals surface area (Å²) in [6.07, 6.45) is 1.20. The molecule has 176 valence electrons. The summed E-state index contributed by atoms with van der Waals surface area (Å²) in [7, 11) is 0. The third-order valence-electron chi connectivity index (χ3n) is 5.71. The number of thiophene rings is 1. The molecule has 1 saturated heterocycles. The van der Waals surface area contributed by atoms with Gasteiger partial charge in [0.2, 0.25) is 5.78 Å². The van der Waals surface area contributed by atoms with E-state index in [0.29, 0.717) is 18.5 Å². The minimum absolute atomic E-state index is 0.219. The van der Waals surface area contributed by atoms with Crippen LogP contribution in [-0.2, 0) is 25.7 Å². The Morgan fingerprint density at radius 1 is 1.12 bits per heavy atom. The number of ether oxygens (including phenoxy) is 3. The van der Waals surface area contributed by atoms with Crippen LogP contribution < -0.4 is 4.74 Å². The van der Waals surface area contributed by atoms with Gasteiger partial charge < -0.3 is 14.2 Å². The SMILES string of the molecule is Cc1cccc(C)c1-c1cccc(COc2ccc(C=C3COC(C)(C)OC3C(=O)C=O)s2)c1. The van der Waals surface area contributed by atoms with E-state index in [1.165, 1.54) is 33.6 Å². The molecular formula is C28H28O5S. The quantitative estimate of drug-likeness (QED) is 0.313. The maximum absolute atomic E-state index is 12.1. The number of aldehydes is 1. The van der Waals surface area contributed by atoms with Crippen LogP contribution in [-0.4, -0.2) is 30.6 Å². The molecule has 1 fully saturated rings. The highest BCUT2D eigenvalue weighted by molar-refractivity contribution is 7.14. The summed E-state index contributed by atoms with van der Waals surface area (Å²) in [5.74, 6) is -1.53. The number of hydrogen-bond acceptors (Lipinski definition) is 6. The number of carbonyl (C=O) groups is 2. The summed E-state index contributed by atoms with van der Waals surface area (Å²) >= 11 is 1.46. The molecule has 1 aliphatic rings. The van der Waals surface area contributed by atoms with Crippen molar-refractivity contribution in [3.8, 4) is 16.2 Å². The molecule has 34 heavy (non-hydrogen) atoms. The lowest BCUT2D eigenvalue weighted by Gasteiger charge is -2.36. The van der Waals surface area contributed by atoms with Gasteiger partial charge in [0.25, 0.3) is 0 Å². The minimum Gasteiger partial charge on any atom is -0.479 e. The molecule has 4 rings (SSSR count). The molecular weight excluding hydrogens is 448 g/mol. The molecule has 0 aliphatic carbocycles. The fraction of sp³-hybridized carbons (Fsp3) is 0.286. The van der Waals surface area contributed by atoms with Gasteiger partial charge in [0.1, 0.15) is 6.61 Å². The molecule has 3 aromatic rings. The Hall–Kier alpha value is -3.06. The standard InChI is InChI=1S/C28H28O5S/c1-18-7-5-8-19(2)26(18)21-10-6-9-20(13-21)16-31-25-12-11-23(34-25)14-22-17-32-28(3,4)33-27(22)24(30)15-29/h5-15,27H,16-17H2,1-4H3. The van der Waals surface area contributed by atoms with Crippen molar-refractivity contribution in [2.75, 3.05) is 6.61 Å². The van der Waals surface area contributed by atoms with E-state index in [0.717, 1.165) is 15.5 Å². The molecule has 1 unspecified atom stereocenters. The molecule has 0 saturated carbocycles. The third kappa shape index (κ3) is 5.53. The molecule has 1 atom stereocenters. The molecule has 6 heteroatoms. The molecule has 1 aliphatic heterocycles. The predicted octanol–water partition coefficient (Wildman–Crippen LogP) is 5.91. The smallest absolute Gasteiger partial charge is 0.228 e. The first-order valence-electron chi connectivity index (χ1n) is 11.2. The van der Waals surface area contributed by atoms with Crippen LogP contribution in [0.25, 0.3) is 17.2 Å². The van der Waals surface area contributed by atoms with Crippen LogP contribution >= 0.6 is 11.3 Å². The third-order valence-corrected chi connectivity index (χ3v) is 6.65. The van der Waals surface area contributed by atoms with E-state index in [4.69, 9.17) is 14.2 Å². The lowest BCUT2D eigenvalue weighted by atomic mass is 9.95. The summed E-state index contributed by atoms with van der Waals surface area (Å²) in [6.45, 7) is 8.37. The van der Waals surface area contributed by atoms with E-state index in [-0.39, 0.29) is 6.61 Å². The van der Waals surface area contributed by atoms with Crippen molar-refractivity contribution < 1.29 is 23.8 Å². The Morgan fingerprint density at radius 2 is 1.85 bits per heavy atom. The van der Waals surface area contributed by atoms with Crippen LogP contribution in [0.2, 0.25) is 0 Å². The van der Waals surface area contributed by atoms with E-state index in [1.54, 1.807) is 13.8 Å². The normalized spacial score (nSPS) is 18.6. The molecule has 0 bridgehead atoms. The van der Waals surface area contributed by atoms with E-state index in [9.17, 15) is 9.59 Å². The van der Waals surface area contributed by atoms with Gasteiger partial charge in [-0.05, 0) is 85.4 Å². The van der Waals surface area contributed by atoms with Gasteiger partial charge in [-0.1, -0.05) is 47.7 Å². The summed E-state index contributed by atoms with van der Waals surface area (Å²) in [4.78, 5) is 24.0. The van der Waals surface area contributed by atoms with Crippen molar-refractivity contribution in [1.29, 1.82) is 0 Å². The Bertz CT molecular complexity index is 1220. The molecule has 5 nitrogen and oxygen atoms in total. The maximum atomic E-state index is 12.1. The average molecular weight is 477 g/mol. The number of aryl methyl sites for hydroxylation is 2. The Balaban J connectivity index is 1.47. The van der Waals surface area contributed by atoms with Crippen LogP contribution in [0.3, 0.4) is 0 Å². The van der Waals surface area contributed by atoms with Crippen LogP contribution in [0, 0.1) is 13.8 Å². The maximum Gasteiger partial charge on any atom is 0.228 e. The number of Topliss-reactive ketones (excluding diaryl/α,β-unsaturated/α-hetero) is 1. The van der Waals surface area contributed by atoms with Gasteiger partial charge in [0.05, 0.1) is 6.61 Å². The van der Waals surface area contributed by atoms with Crippen molar-refractivity contribution >= 4 is 29.5 Å². The number of rotatable bonds is 7. The first-order valence-corrected chi connectivity index (χ1v) is 12.0. The van der Waals surface area contributed by atoms with Crippen LogP contribution in [0.5, 0.6) is 5.06 Å². The van der Waals surface area contributed by atoms with Gasteiger partial charge in [-0.2, -0.15) is 0 Å². The zero-order valence-electron chi connectivity index (χ0n) is 19.8. The number of ketones is 1. The largest absolute Gasteiger partial charge is 0.479 e. The van der Waals surface area contributed by atoms with E-state index >= 15 is 0 Å². The molecule has 0 N–H and O–H groups in total. The number of carbonyl (C=O) groups excluding carboxylic acids is 2. The molecule has 2 aromatic carbocycles. The Labute approximate surface area is 204 Å². The summed E-state index contributed by atoms with van der Waals surface area (Å²) in [5.41, 5.74) is 6.64. The van der Waals surface area contributed by atoms with Gasteiger partial charge >= 0.3 is 0 Å². The molecule has 2 heterocycles. The molecule has 0 radical (unpaired) electrons. The fourth-order valence-corrected chi connectivity index (χ4v) is 4.89. The van der Waals surface area contributed by atoms with E-state index in [2.05, 4.69) is 56.3 Å². The fourth-order valence-electron chi connectivity index (χ4n) is 4.06. The number of hydrogen-bond donors (Lipinski definition) is 0. The first kappa shape index (κ1) is 24.1. The zero-order valence-corrected chi connectivity index (χ0v) is 20.6. The van der Waals surface area contributed by atoms with Crippen molar-refractivity contribution in [2.45, 2.75) is 46.2 Å². The van der Waals surface area contributed by atoms with Crippen molar-refractivity contribution in [2.24, 2.45) is 0 Å². The Kier molecular flexibility index (Phi) is 7.12. The lowest BCUT2D eigenvalue weighted by molar-refractivity contribution is -0.246. The van der Waals surface area contributed by atoms with Gasteiger partial charge in [0.15, 0.2) is 23.2 Å². The second-order valence-electron chi connectivity index (χ2n) is 8.84. The lowest BCUT2D eigenvalue weighted by Crippen LogP contribution is -2.45. The second kappa shape index (κ2) is 10.1. The van der Waals surface area contributed by atoms with Crippen molar-refractivity contribution in [1.82, 2.24) is 0 Å². The molecule has 0 amide bonds. The van der Waals surface area contributed by atoms with E-state index < -0.39 is 17.7 Å². The van der Waals surface area contributed by atoms with Crippen molar-refractivity contribution in [3.05, 3.63) is 81.7 Å². The Morgan fingerprint density at radius 3 is 2.59 bits per heavy atom. The average Bonchev–Trinajstić information content (AvgIpc) is 3.26. The monoisotopic (exact) mass is 476 g/mol. The highest BCUT2D eigenvalue weighted by Gasteiger charge is 2.36. The molecule has 1 aromatic heterocycles. The summed E-state index contributed by atoms with van der Waals surface area (Å²) < 4.78 is 17.4. The zero-order chi connectivity index (χ0) is 24.3. The van der Waals surface area contributed by atoms with Crippen LogP contribution in [0.4, 0.5) is 0 Å². The van der Waals surface area contributed by atoms with Gasteiger partial charge in [0, 0.05) is 4.88 Å². The topological polar surface area (TPSA) is 61.8 Å². The summed E-state index contributed by atoms with van der Waals surface area (Å²) in [5, 5.41) is 0.764. The summed E-state index contributed by atoms with van der Waals surface area (Å²) in [6, 6.07) is 18.6. The molecule has 0 spiro atoms. The first-order chi connectivity index (χ1) is 16.3. The minimum atomic E-state index is -0.930. The van der Waals surface area contributed by atoms with Crippen molar-refractivity contribution in [3.63, 3.8) is 0 Å². The van der Waals surface area contributed by atoms with Crippen LogP contribution in [0.15, 0.2) is 60.2 Å². The second-order valence-corrected chi connectivity index (χ2v) is 9.92. The van der Waals surface area contributed by atoms with Gasteiger partial charge in [-0.3, -0.25) is 9.59 Å². The highest BCUT2D eigenvalue weighted by atomic mass is 32.1. The highest BCUT2D eigenvalue weighted by Crippen LogP contribution is 2.32.